The zero-order chi connectivity index (χ0) is 27.7. The fraction of sp³-hybridized carbons (Fsp3) is 0.385. The highest BCUT2D eigenvalue weighted by atomic mass is 16.6. The maximum atomic E-state index is 11.9. The number of benzene rings is 2. The molecular weight excluding hydrogens is 520 g/mol. The van der Waals surface area contributed by atoms with Crippen LogP contribution in [-0.2, 0) is 16.1 Å². The minimum atomic E-state index is -0.494. The minimum Gasteiger partial charge on any atom is -0.493 e. The number of ether oxygens (including phenoxy) is 4. The van der Waals surface area contributed by atoms with Crippen molar-refractivity contribution >= 4 is 29.7 Å². The Morgan fingerprint density at radius 1 is 0.975 bits per heavy atom. The van der Waals surface area contributed by atoms with Gasteiger partial charge < -0.3 is 28.7 Å². The van der Waals surface area contributed by atoms with E-state index in [0.717, 1.165) is 5.56 Å². The van der Waals surface area contributed by atoms with Crippen LogP contribution in [0, 0.1) is 10.1 Å². The summed E-state index contributed by atoms with van der Waals surface area (Å²) in [5, 5.41) is 16.1. The first-order chi connectivity index (χ1) is 19.6. The summed E-state index contributed by atoms with van der Waals surface area (Å²) in [5.74, 6) is 1.82. The van der Waals surface area contributed by atoms with Crippen molar-refractivity contribution in [3.63, 3.8) is 0 Å². The standard InChI is InChI=1S/C26H30N8O6/c1-37-22-15-20(21(34(35)36)16-23(22)40-18-19-5-3-2-4-6-19)17-27-31-24-28-25(32-7-11-38-12-8-32)30-26(29-24)33-9-13-39-14-10-33/h2-6,15-17H,7-14,18H2,1H3,(H,28,29,30,31)/b27-17-. The zero-order valence-corrected chi connectivity index (χ0v) is 22.1. The predicted molar refractivity (Wildman–Crippen MR) is 148 cm³/mol. The second kappa shape index (κ2) is 13.0. The molecule has 0 atom stereocenters. The Hall–Kier alpha value is -4.56. The normalized spacial score (nSPS) is 15.7. The molecule has 2 aromatic carbocycles. The molecular formula is C26H30N8O6. The SMILES string of the molecule is COc1cc(/C=N\Nc2nc(N3CCOCC3)nc(N3CCOCC3)n2)c([N+](=O)[O-])cc1OCc1ccccc1. The van der Waals surface area contributed by atoms with Crippen LogP contribution in [0.3, 0.4) is 0 Å². The van der Waals surface area contributed by atoms with Gasteiger partial charge >= 0.3 is 0 Å². The second-order valence-electron chi connectivity index (χ2n) is 8.92. The van der Waals surface area contributed by atoms with Gasteiger partial charge in [0, 0.05) is 26.2 Å². The summed E-state index contributed by atoms with van der Waals surface area (Å²) in [4.78, 5) is 29.2. The second-order valence-corrected chi connectivity index (χ2v) is 8.92. The van der Waals surface area contributed by atoms with Crippen LogP contribution in [0.25, 0.3) is 0 Å². The van der Waals surface area contributed by atoms with E-state index in [1.54, 1.807) is 0 Å². The number of nitro benzene ring substituents is 1. The number of nitrogens with zero attached hydrogens (tertiary/aromatic N) is 7. The van der Waals surface area contributed by atoms with Gasteiger partial charge in [0.25, 0.3) is 5.69 Å². The van der Waals surface area contributed by atoms with Crippen LogP contribution in [0.2, 0.25) is 0 Å². The molecule has 40 heavy (non-hydrogen) atoms. The Morgan fingerprint density at radius 2 is 1.60 bits per heavy atom. The Balaban J connectivity index is 1.37. The van der Waals surface area contributed by atoms with Crippen molar-refractivity contribution in [3.8, 4) is 11.5 Å². The average Bonchev–Trinajstić information content (AvgIpc) is 3.01. The Morgan fingerprint density at radius 3 is 2.17 bits per heavy atom. The van der Waals surface area contributed by atoms with Crippen molar-refractivity contribution in [2.75, 3.05) is 74.9 Å². The van der Waals surface area contributed by atoms with Crippen molar-refractivity contribution in [1.29, 1.82) is 0 Å². The number of aromatic nitrogens is 3. The average molecular weight is 551 g/mol. The van der Waals surface area contributed by atoms with Gasteiger partial charge in [0.15, 0.2) is 11.5 Å². The molecule has 0 spiro atoms. The lowest BCUT2D eigenvalue weighted by molar-refractivity contribution is -0.385. The van der Waals surface area contributed by atoms with E-state index in [1.807, 2.05) is 40.1 Å². The van der Waals surface area contributed by atoms with Gasteiger partial charge in [-0.2, -0.15) is 20.1 Å². The van der Waals surface area contributed by atoms with Crippen LogP contribution in [-0.4, -0.2) is 85.8 Å². The van der Waals surface area contributed by atoms with E-state index < -0.39 is 4.92 Å². The number of rotatable bonds is 10. The number of nitrogens with one attached hydrogen (secondary N) is 1. The van der Waals surface area contributed by atoms with E-state index in [0.29, 0.717) is 70.3 Å². The van der Waals surface area contributed by atoms with Crippen molar-refractivity contribution < 1.29 is 23.9 Å². The van der Waals surface area contributed by atoms with Gasteiger partial charge in [-0.1, -0.05) is 30.3 Å². The first-order valence-corrected chi connectivity index (χ1v) is 12.8. The molecule has 14 nitrogen and oxygen atoms in total. The van der Waals surface area contributed by atoms with Crippen molar-refractivity contribution in [2.45, 2.75) is 6.61 Å². The van der Waals surface area contributed by atoms with Gasteiger partial charge in [0.1, 0.15) is 6.61 Å². The minimum absolute atomic E-state index is 0.187. The Kier molecular flexibility index (Phi) is 8.78. The van der Waals surface area contributed by atoms with Gasteiger partial charge in [-0.25, -0.2) is 5.43 Å². The van der Waals surface area contributed by atoms with Gasteiger partial charge in [-0.05, 0) is 11.6 Å². The third-order valence-corrected chi connectivity index (χ3v) is 6.31. The van der Waals surface area contributed by atoms with E-state index in [1.165, 1.54) is 25.5 Å². The molecule has 2 saturated heterocycles. The van der Waals surface area contributed by atoms with Gasteiger partial charge in [0.2, 0.25) is 17.8 Å². The first-order valence-electron chi connectivity index (χ1n) is 12.8. The topological polar surface area (TPSA) is 150 Å². The molecule has 0 radical (unpaired) electrons. The van der Waals surface area contributed by atoms with E-state index in [-0.39, 0.29) is 29.6 Å². The molecule has 14 heteroatoms. The number of hydrogen-bond acceptors (Lipinski definition) is 13. The molecule has 210 valence electrons. The van der Waals surface area contributed by atoms with Crippen LogP contribution in [0.5, 0.6) is 11.5 Å². The van der Waals surface area contributed by atoms with Crippen LogP contribution >= 0.6 is 0 Å². The number of hydrazone groups is 1. The van der Waals surface area contributed by atoms with Crippen molar-refractivity contribution in [2.24, 2.45) is 5.10 Å². The zero-order valence-electron chi connectivity index (χ0n) is 22.1. The summed E-state index contributed by atoms with van der Waals surface area (Å²) in [6.07, 6.45) is 1.33. The molecule has 0 bridgehead atoms. The molecule has 2 aliphatic rings. The molecule has 0 unspecified atom stereocenters. The third-order valence-electron chi connectivity index (χ3n) is 6.31. The summed E-state index contributed by atoms with van der Waals surface area (Å²) in [6.45, 7) is 5.16. The van der Waals surface area contributed by atoms with Gasteiger partial charge in [0.05, 0.1) is 56.3 Å². The van der Waals surface area contributed by atoms with Gasteiger partial charge in [-0.3, -0.25) is 10.1 Å². The van der Waals surface area contributed by atoms with E-state index in [4.69, 9.17) is 18.9 Å². The fourth-order valence-electron chi connectivity index (χ4n) is 4.21. The largest absolute Gasteiger partial charge is 0.493 e. The van der Waals surface area contributed by atoms with Crippen LogP contribution in [0.1, 0.15) is 11.1 Å². The Bertz CT molecular complexity index is 1290. The molecule has 1 N–H and O–H groups in total. The highest BCUT2D eigenvalue weighted by Gasteiger charge is 2.22. The molecule has 2 fully saturated rings. The van der Waals surface area contributed by atoms with Crippen LogP contribution in [0.15, 0.2) is 47.6 Å². The quantitative estimate of drug-likeness (QED) is 0.224. The van der Waals surface area contributed by atoms with E-state index >= 15 is 0 Å². The maximum absolute atomic E-state index is 11.9. The molecule has 0 saturated carbocycles. The highest BCUT2D eigenvalue weighted by molar-refractivity contribution is 5.87. The number of anilines is 3. The number of hydrogen-bond donors (Lipinski definition) is 1. The van der Waals surface area contributed by atoms with Crippen molar-refractivity contribution in [1.82, 2.24) is 15.0 Å². The molecule has 3 heterocycles. The smallest absolute Gasteiger partial charge is 0.282 e. The monoisotopic (exact) mass is 550 g/mol. The van der Waals surface area contributed by atoms with Crippen molar-refractivity contribution in [3.05, 3.63) is 63.7 Å². The molecule has 2 aliphatic heterocycles. The summed E-state index contributed by atoms with van der Waals surface area (Å²) in [7, 11) is 1.47. The van der Waals surface area contributed by atoms with Crippen LogP contribution < -0.4 is 24.7 Å². The molecule has 1 aromatic heterocycles. The lowest BCUT2D eigenvalue weighted by Gasteiger charge is -2.30. The summed E-state index contributed by atoms with van der Waals surface area (Å²) < 4.78 is 22.2. The number of morpholine rings is 2. The molecule has 5 rings (SSSR count). The maximum Gasteiger partial charge on any atom is 0.282 e. The third kappa shape index (κ3) is 6.71. The highest BCUT2D eigenvalue weighted by Crippen LogP contribution is 2.34. The van der Waals surface area contributed by atoms with Gasteiger partial charge in [-0.15, -0.1) is 0 Å². The predicted octanol–water partition coefficient (Wildman–Crippen LogP) is 2.49. The number of nitro groups is 1. The number of methoxy groups -OCH3 is 1. The summed E-state index contributed by atoms with van der Waals surface area (Å²) >= 11 is 0. The first kappa shape index (κ1) is 27.0. The summed E-state index contributed by atoms with van der Waals surface area (Å²) in [5.41, 5.74) is 3.77. The van der Waals surface area contributed by atoms with Crippen LogP contribution in [0.4, 0.5) is 23.5 Å². The van der Waals surface area contributed by atoms with E-state index in [2.05, 4.69) is 25.5 Å². The summed E-state index contributed by atoms with van der Waals surface area (Å²) in [6, 6.07) is 12.3. The van der Waals surface area contributed by atoms with E-state index in [9.17, 15) is 10.1 Å². The molecule has 3 aromatic rings. The molecule has 0 amide bonds. The Labute approximate surface area is 230 Å². The molecule has 0 aliphatic carbocycles. The lowest BCUT2D eigenvalue weighted by atomic mass is 10.1. The lowest BCUT2D eigenvalue weighted by Crippen LogP contribution is -2.40. The fourth-order valence-corrected chi connectivity index (χ4v) is 4.21.